The molecule has 116 valence electrons. The molecule has 21 heavy (non-hydrogen) atoms. The van der Waals surface area contributed by atoms with Gasteiger partial charge in [0.05, 0.1) is 11.1 Å². The molecule has 0 aromatic heterocycles. The molecular formula is C16H21F3N2. The van der Waals surface area contributed by atoms with Crippen molar-refractivity contribution in [1.82, 2.24) is 5.32 Å². The highest BCUT2D eigenvalue weighted by atomic mass is 19.4. The van der Waals surface area contributed by atoms with Gasteiger partial charge in [0.15, 0.2) is 0 Å². The van der Waals surface area contributed by atoms with Crippen LogP contribution in [0.1, 0.15) is 37.7 Å². The molecule has 2 aliphatic rings. The number of hydrogen-bond acceptors (Lipinski definition) is 2. The molecule has 1 aromatic rings. The van der Waals surface area contributed by atoms with Crippen molar-refractivity contribution in [2.75, 3.05) is 24.5 Å². The van der Waals surface area contributed by atoms with Crippen molar-refractivity contribution < 1.29 is 13.2 Å². The molecule has 2 nitrogen and oxygen atoms in total. The largest absolute Gasteiger partial charge is 0.416 e. The molecule has 3 rings (SSSR count). The number of halogens is 3. The molecule has 1 spiro atoms. The van der Waals surface area contributed by atoms with E-state index < -0.39 is 11.7 Å². The normalized spacial score (nSPS) is 22.5. The van der Waals surface area contributed by atoms with E-state index in [2.05, 4.69) is 10.2 Å². The van der Waals surface area contributed by atoms with Crippen LogP contribution in [0.4, 0.5) is 18.9 Å². The lowest BCUT2D eigenvalue weighted by Gasteiger charge is -2.51. The first-order chi connectivity index (χ1) is 10.0. The summed E-state index contributed by atoms with van der Waals surface area (Å²) < 4.78 is 38.1. The maximum Gasteiger partial charge on any atom is 0.416 e. The van der Waals surface area contributed by atoms with Crippen LogP contribution in [0.2, 0.25) is 0 Å². The minimum atomic E-state index is -4.26. The highest BCUT2D eigenvalue weighted by Crippen LogP contribution is 2.38. The van der Waals surface area contributed by atoms with Crippen molar-refractivity contribution in [3.8, 4) is 0 Å². The number of alkyl halides is 3. The summed E-state index contributed by atoms with van der Waals surface area (Å²) in [6.07, 6.45) is 1.67. The second kappa shape index (κ2) is 5.52. The summed E-state index contributed by atoms with van der Waals surface area (Å²) in [4.78, 5) is 2.34. The molecule has 1 heterocycles. The quantitative estimate of drug-likeness (QED) is 0.848. The Morgan fingerprint density at radius 2 is 1.67 bits per heavy atom. The number of hydrogen-bond donors (Lipinski definition) is 1. The van der Waals surface area contributed by atoms with Gasteiger partial charge >= 0.3 is 6.18 Å². The Balaban J connectivity index is 1.86. The monoisotopic (exact) mass is 298 g/mol. The number of nitrogens with zero attached hydrogens (tertiary/aromatic N) is 1. The summed E-state index contributed by atoms with van der Waals surface area (Å²) in [6.45, 7) is 2.70. The molecule has 0 unspecified atom stereocenters. The predicted molar refractivity (Wildman–Crippen MR) is 77.5 cm³/mol. The fourth-order valence-corrected chi connectivity index (χ4v) is 3.73. The van der Waals surface area contributed by atoms with Crippen LogP contribution in [0.3, 0.4) is 0 Å². The molecule has 1 N–H and O–H groups in total. The topological polar surface area (TPSA) is 15.3 Å². The highest BCUT2D eigenvalue weighted by molar-refractivity contribution is 5.51. The van der Waals surface area contributed by atoms with Gasteiger partial charge in [0.25, 0.3) is 0 Å². The molecule has 1 aromatic carbocycles. The van der Waals surface area contributed by atoms with E-state index in [-0.39, 0.29) is 5.54 Å². The van der Waals surface area contributed by atoms with Gasteiger partial charge in [-0.3, -0.25) is 0 Å². The van der Waals surface area contributed by atoms with Crippen LogP contribution < -0.4 is 10.2 Å². The summed E-state index contributed by atoms with van der Waals surface area (Å²) in [5, 5.41) is 3.46. The minimum absolute atomic E-state index is 0.0935. The molecule has 0 atom stereocenters. The second-order valence-electron chi connectivity index (χ2n) is 6.16. The van der Waals surface area contributed by atoms with Crippen LogP contribution in [-0.2, 0) is 6.18 Å². The second-order valence-corrected chi connectivity index (χ2v) is 6.16. The Morgan fingerprint density at radius 3 is 2.29 bits per heavy atom. The highest BCUT2D eigenvalue weighted by Gasteiger charge is 2.40. The van der Waals surface area contributed by atoms with Crippen LogP contribution in [0, 0.1) is 0 Å². The van der Waals surface area contributed by atoms with E-state index in [1.165, 1.54) is 31.4 Å². The zero-order valence-electron chi connectivity index (χ0n) is 12.0. The first-order valence-electron chi connectivity index (χ1n) is 7.67. The van der Waals surface area contributed by atoms with Crippen LogP contribution >= 0.6 is 0 Å². The van der Waals surface area contributed by atoms with E-state index in [0.717, 1.165) is 38.2 Å². The van der Waals surface area contributed by atoms with Gasteiger partial charge in [-0.1, -0.05) is 19.3 Å². The standard InChI is InChI=1S/C16H21F3N2/c17-16(18,19)13-4-6-14(7-5-13)21-11-10-20-12-15(21)8-2-1-3-9-15/h4-7,20H,1-3,8-12H2. The number of anilines is 1. The summed E-state index contributed by atoms with van der Waals surface area (Å²) in [6, 6.07) is 5.66. The van der Waals surface area contributed by atoms with Crippen molar-refractivity contribution in [1.29, 1.82) is 0 Å². The van der Waals surface area contributed by atoms with Gasteiger partial charge in [0.1, 0.15) is 0 Å². The molecule has 1 saturated carbocycles. The molecule has 0 bridgehead atoms. The Morgan fingerprint density at radius 1 is 1.00 bits per heavy atom. The van der Waals surface area contributed by atoms with Crippen molar-refractivity contribution in [3.63, 3.8) is 0 Å². The molecule has 1 saturated heterocycles. The Bertz CT molecular complexity index is 467. The van der Waals surface area contributed by atoms with Gasteiger partial charge in [-0.15, -0.1) is 0 Å². The predicted octanol–water partition coefficient (Wildman–Crippen LogP) is 3.82. The first-order valence-corrected chi connectivity index (χ1v) is 7.67. The van der Waals surface area contributed by atoms with Crippen LogP contribution in [0.5, 0.6) is 0 Å². The van der Waals surface area contributed by atoms with E-state index in [1.807, 2.05) is 0 Å². The van der Waals surface area contributed by atoms with Crippen LogP contribution in [0.25, 0.3) is 0 Å². The lowest BCUT2D eigenvalue weighted by atomic mass is 9.78. The van der Waals surface area contributed by atoms with Gasteiger partial charge in [-0.05, 0) is 37.1 Å². The van der Waals surface area contributed by atoms with Gasteiger partial charge in [0.2, 0.25) is 0 Å². The third-order valence-electron chi connectivity index (χ3n) is 4.83. The SMILES string of the molecule is FC(F)(F)c1ccc(N2CCNCC23CCCCC3)cc1. The van der Waals surface area contributed by atoms with Crippen molar-refractivity contribution in [2.24, 2.45) is 0 Å². The maximum absolute atomic E-state index is 12.7. The zero-order valence-corrected chi connectivity index (χ0v) is 12.0. The Labute approximate surface area is 123 Å². The third kappa shape index (κ3) is 2.89. The van der Waals surface area contributed by atoms with Crippen LogP contribution in [-0.4, -0.2) is 25.2 Å². The Kier molecular flexibility index (Phi) is 3.86. The molecular weight excluding hydrogens is 277 g/mol. The van der Waals surface area contributed by atoms with Gasteiger partial charge in [-0.2, -0.15) is 13.2 Å². The summed E-state index contributed by atoms with van der Waals surface area (Å²) >= 11 is 0. The fourth-order valence-electron chi connectivity index (χ4n) is 3.73. The van der Waals surface area contributed by atoms with E-state index in [0.29, 0.717) is 0 Å². The van der Waals surface area contributed by atoms with Crippen molar-refractivity contribution >= 4 is 5.69 Å². The maximum atomic E-state index is 12.7. The van der Waals surface area contributed by atoms with E-state index >= 15 is 0 Å². The average Bonchev–Trinajstić information content (AvgIpc) is 2.48. The lowest BCUT2D eigenvalue weighted by molar-refractivity contribution is -0.137. The van der Waals surface area contributed by atoms with Crippen molar-refractivity contribution in [3.05, 3.63) is 29.8 Å². The molecule has 1 aliphatic heterocycles. The molecule has 0 radical (unpaired) electrons. The van der Waals surface area contributed by atoms with E-state index in [9.17, 15) is 13.2 Å². The zero-order chi connectivity index (χ0) is 14.9. The Hall–Kier alpha value is -1.23. The summed E-state index contributed by atoms with van der Waals surface area (Å²) in [5.41, 5.74) is 0.446. The van der Waals surface area contributed by atoms with E-state index in [1.54, 1.807) is 12.1 Å². The first kappa shape index (κ1) is 14.7. The molecule has 1 aliphatic carbocycles. The summed E-state index contributed by atoms with van der Waals surface area (Å²) in [7, 11) is 0. The third-order valence-corrected chi connectivity index (χ3v) is 4.83. The van der Waals surface area contributed by atoms with Gasteiger partial charge in [-0.25, -0.2) is 0 Å². The molecule has 2 fully saturated rings. The number of rotatable bonds is 1. The van der Waals surface area contributed by atoms with Gasteiger partial charge < -0.3 is 10.2 Å². The molecule has 5 heteroatoms. The lowest BCUT2D eigenvalue weighted by Crippen LogP contribution is -2.62. The van der Waals surface area contributed by atoms with Crippen molar-refractivity contribution in [2.45, 2.75) is 43.8 Å². The smallest absolute Gasteiger partial charge is 0.363 e. The number of piperazine rings is 1. The minimum Gasteiger partial charge on any atom is -0.363 e. The van der Waals surface area contributed by atoms with E-state index in [4.69, 9.17) is 0 Å². The van der Waals surface area contributed by atoms with Gasteiger partial charge in [0, 0.05) is 25.3 Å². The number of benzene rings is 1. The summed E-state index contributed by atoms with van der Waals surface area (Å²) in [5.74, 6) is 0. The number of nitrogens with one attached hydrogen (secondary N) is 1. The molecule has 0 amide bonds. The average molecular weight is 298 g/mol. The fraction of sp³-hybridized carbons (Fsp3) is 0.625. The van der Waals surface area contributed by atoms with Crippen LogP contribution in [0.15, 0.2) is 24.3 Å².